The lowest BCUT2D eigenvalue weighted by atomic mass is 10.6. The Hall–Kier alpha value is -6.57. The van der Waals surface area contributed by atoms with Gasteiger partial charge in [-0.2, -0.15) is 15.0 Å². The van der Waals surface area contributed by atoms with Crippen molar-refractivity contribution in [1.82, 2.24) is 15.0 Å². The number of aromatic nitrogens is 3. The summed E-state index contributed by atoms with van der Waals surface area (Å²) < 4.78 is 0. The lowest BCUT2D eigenvalue weighted by Gasteiger charge is -2.24. The van der Waals surface area contributed by atoms with Crippen LogP contribution < -0.4 is 14.7 Å². The van der Waals surface area contributed by atoms with Gasteiger partial charge in [-0.25, -0.2) is 28.8 Å². The van der Waals surface area contributed by atoms with E-state index < -0.39 is 76.2 Å². The van der Waals surface area contributed by atoms with Crippen LogP contribution >= 0.6 is 0 Å². The SMILES string of the molecule is C=CC(=O)O.C=CC(=O)O.C=CC(=O)O.C=CC(=O)O.C=CC(=O)O.C=CC(=O)O.OCN(CO)c1nc(N(CO)CO)nc(N(CO)CO)n1. The predicted molar refractivity (Wildman–Crippen MR) is 177 cm³/mol. The molecular weight excluding hydrogens is 696 g/mol. The monoisotopic (exact) mass is 738 g/mol. The van der Waals surface area contributed by atoms with Gasteiger partial charge in [0.05, 0.1) is 0 Å². The van der Waals surface area contributed by atoms with Crippen LogP contribution in [0.2, 0.25) is 0 Å². The van der Waals surface area contributed by atoms with E-state index in [9.17, 15) is 28.8 Å². The Morgan fingerprint density at radius 2 is 0.471 bits per heavy atom. The Kier molecular flexibility index (Phi) is 44.1. The van der Waals surface area contributed by atoms with Gasteiger partial charge in [-0.3, -0.25) is 14.7 Å². The standard InChI is InChI=1S/C9H18N6O6.6C3H4O2/c16-1-13(2-17)7-10-8(14(3-18)4-19)12-9(11-7)15(5-20)6-21;6*1-2-3(4)5/h16-21H,1-6H2;6*2H,1H2,(H,4,5). The third kappa shape index (κ3) is 43.4. The van der Waals surface area contributed by atoms with Crippen LogP contribution in [-0.2, 0) is 28.8 Å². The first-order valence-corrected chi connectivity index (χ1v) is 12.6. The van der Waals surface area contributed by atoms with Gasteiger partial charge >= 0.3 is 35.8 Å². The fourth-order valence-electron chi connectivity index (χ4n) is 1.28. The molecule has 24 nitrogen and oxygen atoms in total. The fourth-order valence-corrected chi connectivity index (χ4v) is 1.28. The van der Waals surface area contributed by atoms with Crippen molar-refractivity contribution in [1.29, 1.82) is 0 Å². The second-order valence-electron chi connectivity index (χ2n) is 6.96. The molecule has 51 heavy (non-hydrogen) atoms. The van der Waals surface area contributed by atoms with Crippen LogP contribution in [0, 0.1) is 0 Å². The van der Waals surface area contributed by atoms with Gasteiger partial charge in [0, 0.05) is 36.5 Å². The van der Waals surface area contributed by atoms with Crippen molar-refractivity contribution in [2.24, 2.45) is 0 Å². The molecule has 288 valence electrons. The minimum atomic E-state index is -0.981. The molecule has 0 saturated heterocycles. The van der Waals surface area contributed by atoms with Crippen molar-refractivity contribution in [2.45, 2.75) is 0 Å². The molecule has 0 spiro atoms. The third-order valence-corrected chi connectivity index (χ3v) is 3.52. The number of anilines is 3. The molecule has 0 fully saturated rings. The summed E-state index contributed by atoms with van der Waals surface area (Å²) in [6, 6.07) is 0. The molecule has 0 aliphatic rings. The van der Waals surface area contributed by atoms with Crippen LogP contribution in [0.15, 0.2) is 75.9 Å². The Labute approximate surface area is 290 Å². The maximum Gasteiger partial charge on any atom is 0.327 e. The van der Waals surface area contributed by atoms with E-state index in [1.165, 1.54) is 0 Å². The summed E-state index contributed by atoms with van der Waals surface area (Å²) in [6.45, 7) is 14.2. The topological polar surface area (TPSA) is 394 Å². The molecule has 0 aliphatic carbocycles. The molecule has 24 heteroatoms. The number of aliphatic carboxylic acids is 6. The Bertz CT molecular complexity index is 1020. The van der Waals surface area contributed by atoms with E-state index in [2.05, 4.69) is 54.4 Å². The van der Waals surface area contributed by atoms with Gasteiger partial charge in [0.1, 0.15) is 40.4 Å². The number of carbonyl (C=O) groups is 6. The molecular formula is C27H42N6O18. The highest BCUT2D eigenvalue weighted by Gasteiger charge is 2.18. The van der Waals surface area contributed by atoms with E-state index in [-0.39, 0.29) is 17.8 Å². The zero-order valence-corrected chi connectivity index (χ0v) is 26.9. The number of hydrogen-bond acceptors (Lipinski definition) is 18. The van der Waals surface area contributed by atoms with Gasteiger partial charge in [0.15, 0.2) is 0 Å². The zero-order valence-electron chi connectivity index (χ0n) is 26.9. The molecule has 0 atom stereocenters. The third-order valence-electron chi connectivity index (χ3n) is 3.52. The summed E-state index contributed by atoms with van der Waals surface area (Å²) in [5.74, 6) is -6.39. The van der Waals surface area contributed by atoms with E-state index in [4.69, 9.17) is 61.3 Å². The number of rotatable bonds is 15. The minimum absolute atomic E-state index is 0.168. The molecule has 0 saturated carbocycles. The first kappa shape index (κ1) is 56.7. The number of aliphatic hydroxyl groups is 6. The van der Waals surface area contributed by atoms with E-state index in [1.54, 1.807) is 0 Å². The molecule has 0 aliphatic heterocycles. The van der Waals surface area contributed by atoms with Crippen molar-refractivity contribution in [3.05, 3.63) is 75.9 Å². The summed E-state index contributed by atoms with van der Waals surface area (Å²) in [7, 11) is 0. The largest absolute Gasteiger partial charge is 0.478 e. The average Bonchev–Trinajstić information content (AvgIpc) is 3.11. The number of hydrogen-bond donors (Lipinski definition) is 12. The van der Waals surface area contributed by atoms with Crippen molar-refractivity contribution in [3.8, 4) is 0 Å². The molecule has 1 heterocycles. The number of carboxylic acid groups (broad SMARTS) is 6. The van der Waals surface area contributed by atoms with Gasteiger partial charge in [-0.05, 0) is 0 Å². The predicted octanol–water partition coefficient (Wildman–Crippen LogP) is -2.47. The maximum absolute atomic E-state index is 9.25. The second kappa shape index (κ2) is 39.6. The summed E-state index contributed by atoms with van der Waals surface area (Å²) in [4.78, 5) is 70.0. The van der Waals surface area contributed by atoms with Crippen LogP contribution in [0.5, 0.6) is 0 Å². The van der Waals surface area contributed by atoms with Gasteiger partial charge in [-0.1, -0.05) is 39.5 Å². The second-order valence-corrected chi connectivity index (χ2v) is 6.96. The summed E-state index contributed by atoms with van der Waals surface area (Å²) in [5.41, 5.74) is 0. The molecule has 0 aromatic carbocycles. The number of nitrogens with zero attached hydrogens (tertiary/aromatic N) is 6. The van der Waals surface area contributed by atoms with E-state index >= 15 is 0 Å². The Morgan fingerprint density at radius 3 is 0.529 bits per heavy atom. The quantitative estimate of drug-likeness (QED) is 0.0655. The molecule has 0 radical (unpaired) electrons. The summed E-state index contributed by atoms with van der Waals surface area (Å²) in [6.07, 6.45) is 5.00. The molecule has 1 aromatic rings. The first-order chi connectivity index (χ1) is 23.8. The normalized spacial score (nSPS) is 8.12. The fraction of sp³-hybridized carbons (Fsp3) is 0.222. The van der Waals surface area contributed by atoms with Crippen LogP contribution in [0.1, 0.15) is 0 Å². The molecule has 1 rings (SSSR count). The van der Waals surface area contributed by atoms with Gasteiger partial charge < -0.3 is 61.3 Å². The highest BCUT2D eigenvalue weighted by Crippen LogP contribution is 2.18. The van der Waals surface area contributed by atoms with E-state index in [0.717, 1.165) is 51.2 Å². The van der Waals surface area contributed by atoms with Crippen molar-refractivity contribution >= 4 is 53.7 Å². The first-order valence-electron chi connectivity index (χ1n) is 12.6. The highest BCUT2D eigenvalue weighted by molar-refractivity contribution is 5.80. The summed E-state index contributed by atoms with van der Waals surface area (Å²) in [5, 5.41) is 100. The number of carboxylic acids is 6. The van der Waals surface area contributed by atoms with Crippen molar-refractivity contribution in [2.75, 3.05) is 55.1 Å². The summed E-state index contributed by atoms with van der Waals surface area (Å²) >= 11 is 0. The highest BCUT2D eigenvalue weighted by atomic mass is 16.4. The maximum atomic E-state index is 9.25. The van der Waals surface area contributed by atoms with Crippen LogP contribution in [0.25, 0.3) is 0 Å². The smallest absolute Gasteiger partial charge is 0.327 e. The Balaban J connectivity index is -0.000000137. The lowest BCUT2D eigenvalue weighted by molar-refractivity contribution is -0.132. The van der Waals surface area contributed by atoms with Crippen molar-refractivity contribution in [3.63, 3.8) is 0 Å². The lowest BCUT2D eigenvalue weighted by Crippen LogP contribution is -2.34. The van der Waals surface area contributed by atoms with Gasteiger partial charge in [-0.15, -0.1) is 0 Å². The van der Waals surface area contributed by atoms with Crippen LogP contribution in [-0.4, -0.2) is 152 Å². The Morgan fingerprint density at radius 1 is 0.373 bits per heavy atom. The van der Waals surface area contributed by atoms with Crippen LogP contribution in [0.3, 0.4) is 0 Å². The molecule has 12 N–H and O–H groups in total. The van der Waals surface area contributed by atoms with Crippen LogP contribution in [0.4, 0.5) is 17.8 Å². The average molecular weight is 739 g/mol. The van der Waals surface area contributed by atoms with E-state index in [1.807, 2.05) is 0 Å². The molecule has 0 unspecified atom stereocenters. The van der Waals surface area contributed by atoms with E-state index in [0.29, 0.717) is 0 Å². The number of aliphatic hydroxyl groups excluding tert-OH is 6. The zero-order chi connectivity index (χ0) is 41.5. The van der Waals surface area contributed by atoms with Crippen molar-refractivity contribution < 1.29 is 90.0 Å². The molecule has 1 aromatic heterocycles. The van der Waals surface area contributed by atoms with Gasteiger partial charge in [0.25, 0.3) is 0 Å². The molecule has 0 bridgehead atoms. The minimum Gasteiger partial charge on any atom is -0.478 e. The molecule has 0 amide bonds. The van der Waals surface area contributed by atoms with Gasteiger partial charge in [0.2, 0.25) is 17.8 Å².